The van der Waals surface area contributed by atoms with Crippen molar-refractivity contribution in [3.05, 3.63) is 72.5 Å². The quantitative estimate of drug-likeness (QED) is 0.726. The SMILES string of the molecule is NC(=S)c1ccc(Oc2ccc(-c3ccccc3)cc2)o1. The Bertz CT molecular complexity index is 748. The minimum Gasteiger partial charge on any atom is -0.426 e. The van der Waals surface area contributed by atoms with Crippen LogP contribution >= 0.6 is 12.2 Å². The molecular formula is C17H13NO2S. The van der Waals surface area contributed by atoms with Gasteiger partial charge in [0.25, 0.3) is 5.95 Å². The fraction of sp³-hybridized carbons (Fsp3) is 0. The zero-order valence-electron chi connectivity index (χ0n) is 11.2. The molecule has 0 spiro atoms. The molecule has 3 nitrogen and oxygen atoms in total. The van der Waals surface area contributed by atoms with Crippen LogP contribution in [0.1, 0.15) is 5.76 Å². The summed E-state index contributed by atoms with van der Waals surface area (Å²) in [5.74, 6) is 1.50. The summed E-state index contributed by atoms with van der Waals surface area (Å²) in [6.45, 7) is 0. The second-order valence-corrected chi connectivity index (χ2v) is 4.92. The van der Waals surface area contributed by atoms with Crippen LogP contribution in [0.5, 0.6) is 11.7 Å². The van der Waals surface area contributed by atoms with Gasteiger partial charge < -0.3 is 14.9 Å². The Morgan fingerprint density at radius 1 is 0.857 bits per heavy atom. The first-order chi connectivity index (χ1) is 10.2. The zero-order chi connectivity index (χ0) is 14.7. The molecule has 0 aliphatic carbocycles. The molecule has 104 valence electrons. The number of hydrogen-bond donors (Lipinski definition) is 1. The second kappa shape index (κ2) is 5.81. The highest BCUT2D eigenvalue weighted by Crippen LogP contribution is 2.26. The van der Waals surface area contributed by atoms with E-state index >= 15 is 0 Å². The first-order valence-corrected chi connectivity index (χ1v) is 6.86. The molecule has 0 aliphatic heterocycles. The summed E-state index contributed by atoms with van der Waals surface area (Å²) in [4.78, 5) is 0.212. The van der Waals surface area contributed by atoms with Crippen molar-refractivity contribution in [2.75, 3.05) is 0 Å². The van der Waals surface area contributed by atoms with Gasteiger partial charge in [-0.3, -0.25) is 0 Å². The van der Waals surface area contributed by atoms with Crippen LogP contribution in [0.3, 0.4) is 0 Å². The van der Waals surface area contributed by atoms with Crippen molar-refractivity contribution in [3.63, 3.8) is 0 Å². The van der Waals surface area contributed by atoms with Crippen molar-refractivity contribution in [1.82, 2.24) is 0 Å². The minimum atomic E-state index is 0.212. The molecule has 21 heavy (non-hydrogen) atoms. The smallest absolute Gasteiger partial charge is 0.290 e. The van der Waals surface area contributed by atoms with Crippen molar-refractivity contribution in [1.29, 1.82) is 0 Å². The van der Waals surface area contributed by atoms with Gasteiger partial charge in [0.1, 0.15) is 10.7 Å². The van der Waals surface area contributed by atoms with Crippen molar-refractivity contribution in [3.8, 4) is 22.8 Å². The standard InChI is InChI=1S/C17H13NO2S/c18-17(21)15-10-11-16(20-15)19-14-8-6-13(7-9-14)12-4-2-1-3-5-12/h1-11H,(H2,18,21). The molecule has 0 radical (unpaired) electrons. The van der Waals surface area contributed by atoms with E-state index in [2.05, 4.69) is 12.1 Å². The van der Waals surface area contributed by atoms with Crippen LogP contribution in [0.15, 0.2) is 71.1 Å². The maximum absolute atomic E-state index is 5.62. The topological polar surface area (TPSA) is 48.4 Å². The zero-order valence-corrected chi connectivity index (χ0v) is 12.0. The van der Waals surface area contributed by atoms with E-state index in [1.165, 1.54) is 0 Å². The maximum Gasteiger partial charge on any atom is 0.290 e. The minimum absolute atomic E-state index is 0.212. The third kappa shape index (κ3) is 3.12. The van der Waals surface area contributed by atoms with Crippen LogP contribution < -0.4 is 10.5 Å². The summed E-state index contributed by atoms with van der Waals surface area (Å²) >= 11 is 4.84. The molecule has 1 aromatic heterocycles. The Morgan fingerprint density at radius 2 is 1.52 bits per heavy atom. The van der Waals surface area contributed by atoms with E-state index in [0.717, 1.165) is 11.1 Å². The van der Waals surface area contributed by atoms with Gasteiger partial charge in [0.15, 0.2) is 5.76 Å². The van der Waals surface area contributed by atoms with Crippen molar-refractivity contribution < 1.29 is 9.15 Å². The third-order valence-electron chi connectivity index (χ3n) is 3.00. The van der Waals surface area contributed by atoms with Gasteiger partial charge in [-0.15, -0.1) is 0 Å². The third-order valence-corrected chi connectivity index (χ3v) is 3.21. The van der Waals surface area contributed by atoms with E-state index in [-0.39, 0.29) is 4.99 Å². The van der Waals surface area contributed by atoms with Crippen LogP contribution in [-0.2, 0) is 0 Å². The maximum atomic E-state index is 5.62. The highest BCUT2D eigenvalue weighted by Gasteiger charge is 2.06. The number of hydrogen-bond acceptors (Lipinski definition) is 3. The van der Waals surface area contributed by atoms with E-state index in [1.54, 1.807) is 12.1 Å². The van der Waals surface area contributed by atoms with Gasteiger partial charge in [-0.1, -0.05) is 54.7 Å². The number of rotatable bonds is 4. The van der Waals surface area contributed by atoms with Gasteiger partial charge in [-0.05, 0) is 29.3 Å². The summed E-state index contributed by atoms with van der Waals surface area (Å²) in [5.41, 5.74) is 7.78. The largest absolute Gasteiger partial charge is 0.426 e. The molecule has 3 rings (SSSR count). The van der Waals surface area contributed by atoms with Crippen LogP contribution in [0.25, 0.3) is 11.1 Å². The average molecular weight is 295 g/mol. The van der Waals surface area contributed by atoms with Crippen LogP contribution in [0.2, 0.25) is 0 Å². The predicted octanol–water partition coefficient (Wildman–Crippen LogP) is 4.37. The van der Waals surface area contributed by atoms with Gasteiger partial charge in [0.05, 0.1) is 0 Å². The lowest BCUT2D eigenvalue weighted by molar-refractivity contribution is 0.344. The lowest BCUT2D eigenvalue weighted by atomic mass is 10.1. The monoisotopic (exact) mass is 295 g/mol. The van der Waals surface area contributed by atoms with E-state index in [1.807, 2.05) is 42.5 Å². The fourth-order valence-corrected chi connectivity index (χ4v) is 2.08. The van der Waals surface area contributed by atoms with Gasteiger partial charge in [-0.25, -0.2) is 0 Å². The first kappa shape index (κ1) is 13.4. The number of nitrogens with two attached hydrogens (primary N) is 1. The lowest BCUT2D eigenvalue weighted by Crippen LogP contribution is -2.07. The molecular weight excluding hydrogens is 282 g/mol. The summed E-state index contributed by atoms with van der Waals surface area (Å²) in [5, 5.41) is 0. The van der Waals surface area contributed by atoms with Crippen molar-refractivity contribution in [2.45, 2.75) is 0 Å². The Labute approximate surface area is 128 Å². The highest BCUT2D eigenvalue weighted by atomic mass is 32.1. The van der Waals surface area contributed by atoms with Gasteiger partial charge in [-0.2, -0.15) is 0 Å². The van der Waals surface area contributed by atoms with Gasteiger partial charge in [0, 0.05) is 6.07 Å². The Balaban J connectivity index is 1.76. The molecule has 0 bridgehead atoms. The average Bonchev–Trinajstić information content (AvgIpc) is 2.98. The molecule has 4 heteroatoms. The number of ether oxygens (including phenoxy) is 1. The summed E-state index contributed by atoms with van der Waals surface area (Å²) < 4.78 is 11.0. The molecule has 2 N–H and O–H groups in total. The Kier molecular flexibility index (Phi) is 3.71. The number of furan rings is 1. The van der Waals surface area contributed by atoms with E-state index in [9.17, 15) is 0 Å². The molecule has 0 aliphatic rings. The molecule has 0 saturated heterocycles. The summed E-state index contributed by atoms with van der Waals surface area (Å²) in [6.07, 6.45) is 0. The second-order valence-electron chi connectivity index (χ2n) is 4.48. The number of thiocarbonyl (C=S) groups is 1. The summed E-state index contributed by atoms with van der Waals surface area (Å²) in [6, 6.07) is 21.3. The molecule has 0 saturated carbocycles. The lowest BCUT2D eigenvalue weighted by Gasteiger charge is -2.04. The predicted molar refractivity (Wildman–Crippen MR) is 86.5 cm³/mol. The Hall–Kier alpha value is -2.59. The van der Waals surface area contributed by atoms with Gasteiger partial charge >= 0.3 is 0 Å². The molecule has 0 atom stereocenters. The van der Waals surface area contributed by atoms with E-state index in [4.69, 9.17) is 27.1 Å². The molecule has 0 fully saturated rings. The fourth-order valence-electron chi connectivity index (χ4n) is 1.97. The van der Waals surface area contributed by atoms with Crippen LogP contribution in [0.4, 0.5) is 0 Å². The van der Waals surface area contributed by atoms with Crippen molar-refractivity contribution >= 4 is 17.2 Å². The molecule has 3 aromatic rings. The van der Waals surface area contributed by atoms with Gasteiger partial charge in [0.2, 0.25) is 0 Å². The van der Waals surface area contributed by atoms with E-state index in [0.29, 0.717) is 17.5 Å². The Morgan fingerprint density at radius 3 is 2.14 bits per heavy atom. The molecule has 0 unspecified atom stereocenters. The first-order valence-electron chi connectivity index (χ1n) is 6.45. The molecule has 0 amide bonds. The van der Waals surface area contributed by atoms with Crippen molar-refractivity contribution in [2.24, 2.45) is 5.73 Å². The highest BCUT2D eigenvalue weighted by molar-refractivity contribution is 7.80. The van der Waals surface area contributed by atoms with Crippen LogP contribution in [0, 0.1) is 0 Å². The van der Waals surface area contributed by atoms with E-state index < -0.39 is 0 Å². The summed E-state index contributed by atoms with van der Waals surface area (Å²) in [7, 11) is 0. The molecule has 1 heterocycles. The normalized spacial score (nSPS) is 10.3. The molecule has 2 aromatic carbocycles. The van der Waals surface area contributed by atoms with Crippen LogP contribution in [-0.4, -0.2) is 4.99 Å². The number of benzene rings is 2.